The van der Waals surface area contributed by atoms with E-state index in [1.807, 2.05) is 79.7 Å². The molecule has 1 fully saturated rings. The lowest BCUT2D eigenvalue weighted by Crippen LogP contribution is -2.60. The van der Waals surface area contributed by atoms with Gasteiger partial charge in [-0.05, 0) is 29.2 Å². The van der Waals surface area contributed by atoms with Gasteiger partial charge < -0.3 is 23.7 Å². The van der Waals surface area contributed by atoms with Gasteiger partial charge in [-0.15, -0.1) is 0 Å². The highest BCUT2D eigenvalue weighted by Crippen LogP contribution is 2.30. The van der Waals surface area contributed by atoms with Gasteiger partial charge in [0, 0.05) is 0 Å². The molecule has 1 aliphatic rings. The van der Waals surface area contributed by atoms with Crippen LogP contribution in [0.15, 0.2) is 121 Å². The van der Waals surface area contributed by atoms with E-state index in [4.69, 9.17) is 23.7 Å². The lowest BCUT2D eigenvalue weighted by molar-refractivity contribution is -0.269. The Morgan fingerprint density at radius 1 is 0.475 bits per heavy atom. The summed E-state index contributed by atoms with van der Waals surface area (Å²) >= 11 is 0. The van der Waals surface area contributed by atoms with Crippen LogP contribution in [-0.2, 0) is 50.1 Å². The first-order valence-electron chi connectivity index (χ1n) is 14.0. The summed E-state index contributed by atoms with van der Waals surface area (Å²) in [5.41, 5.74) is 4.41. The van der Waals surface area contributed by atoms with Crippen LogP contribution in [0.5, 0.6) is 0 Å². The summed E-state index contributed by atoms with van der Waals surface area (Å²) in [6.45, 7) is 4.29. The molecule has 5 rings (SSSR count). The highest BCUT2D eigenvalue weighted by atomic mass is 16.6. The van der Waals surface area contributed by atoms with Crippen molar-refractivity contribution in [2.75, 3.05) is 6.61 Å². The molecule has 0 unspecified atom stereocenters. The fraction of sp³-hybridized carbons (Fsp3) is 0.314. The third-order valence-electron chi connectivity index (χ3n) is 7.12. The van der Waals surface area contributed by atoms with Gasteiger partial charge in [0.1, 0.15) is 24.4 Å². The second-order valence-corrected chi connectivity index (χ2v) is 10.2. The van der Waals surface area contributed by atoms with Gasteiger partial charge in [0.25, 0.3) is 0 Å². The summed E-state index contributed by atoms with van der Waals surface area (Å²) < 4.78 is 32.5. The molecule has 40 heavy (non-hydrogen) atoms. The molecule has 4 aromatic carbocycles. The maximum absolute atomic E-state index is 6.65. The van der Waals surface area contributed by atoms with E-state index in [-0.39, 0.29) is 24.4 Å². The van der Waals surface area contributed by atoms with Gasteiger partial charge in [-0.1, -0.05) is 121 Å². The zero-order valence-electron chi connectivity index (χ0n) is 23.0. The lowest BCUT2D eigenvalue weighted by Gasteiger charge is -2.45. The number of hydrogen-bond donors (Lipinski definition) is 0. The van der Waals surface area contributed by atoms with Crippen molar-refractivity contribution < 1.29 is 23.7 Å². The average Bonchev–Trinajstić information content (AvgIpc) is 3.01. The Labute approximate surface area is 237 Å². The predicted octanol–water partition coefficient (Wildman–Crippen LogP) is 6.75. The zero-order chi connectivity index (χ0) is 27.4. The predicted molar refractivity (Wildman–Crippen MR) is 155 cm³/mol. The van der Waals surface area contributed by atoms with E-state index in [0.717, 1.165) is 22.3 Å². The first-order valence-corrected chi connectivity index (χ1v) is 14.0. The van der Waals surface area contributed by atoms with Gasteiger partial charge in [-0.2, -0.15) is 0 Å². The van der Waals surface area contributed by atoms with Gasteiger partial charge in [-0.25, -0.2) is 0 Å². The van der Waals surface area contributed by atoms with Crippen molar-refractivity contribution in [2.45, 2.75) is 63.9 Å². The molecule has 4 aromatic rings. The van der Waals surface area contributed by atoms with Crippen LogP contribution in [0.1, 0.15) is 29.2 Å². The molecule has 1 heterocycles. The molecular formula is C35H38O5. The molecule has 5 nitrogen and oxygen atoms in total. The maximum Gasteiger partial charge on any atom is 0.115 e. The van der Waals surface area contributed by atoms with Crippen LogP contribution < -0.4 is 0 Å². The quantitative estimate of drug-likeness (QED) is 0.189. The largest absolute Gasteiger partial charge is 0.374 e. The molecule has 0 spiro atoms. The minimum absolute atomic E-state index is 0.216. The van der Waals surface area contributed by atoms with Crippen LogP contribution in [-0.4, -0.2) is 37.1 Å². The monoisotopic (exact) mass is 538 g/mol. The second kappa shape index (κ2) is 14.9. The normalized spacial score (nSPS) is 22.7. The molecule has 0 aliphatic carbocycles. The van der Waals surface area contributed by atoms with Crippen LogP contribution in [0.2, 0.25) is 0 Å². The summed E-state index contributed by atoms with van der Waals surface area (Å²) in [5, 5.41) is 0. The van der Waals surface area contributed by atoms with E-state index >= 15 is 0 Å². The van der Waals surface area contributed by atoms with E-state index in [9.17, 15) is 0 Å². The highest BCUT2D eigenvalue weighted by Gasteiger charge is 2.46. The molecule has 0 amide bonds. The summed E-state index contributed by atoms with van der Waals surface area (Å²) in [6.07, 6.45) is -1.61. The van der Waals surface area contributed by atoms with Gasteiger partial charge in [0.05, 0.1) is 39.1 Å². The smallest absolute Gasteiger partial charge is 0.115 e. The first kappa shape index (κ1) is 28.2. The van der Waals surface area contributed by atoms with Crippen molar-refractivity contribution in [3.8, 4) is 0 Å². The Kier molecular flexibility index (Phi) is 10.5. The van der Waals surface area contributed by atoms with Crippen LogP contribution in [0.4, 0.5) is 0 Å². The maximum atomic E-state index is 6.65. The summed E-state index contributed by atoms with van der Waals surface area (Å²) in [4.78, 5) is 0. The molecule has 0 radical (unpaired) electrons. The summed E-state index contributed by atoms with van der Waals surface area (Å²) in [6, 6.07) is 40.8. The minimum atomic E-state index is -0.392. The van der Waals surface area contributed by atoms with Crippen molar-refractivity contribution in [2.24, 2.45) is 0 Å². The SMILES string of the molecule is C[C@H]1O[C@H](COCc2ccccc2)[C@H](OCc2ccccc2)[C@H](OCc2ccccc2)[C@H]1OCc1ccccc1. The summed E-state index contributed by atoms with van der Waals surface area (Å²) in [7, 11) is 0. The zero-order valence-corrected chi connectivity index (χ0v) is 23.0. The standard InChI is InChI=1S/C35H38O5/c1-27-33(37-23-29-16-8-3-9-17-29)35(39-25-31-20-12-5-13-21-31)34(38-24-30-18-10-4-11-19-30)32(40-27)26-36-22-28-14-6-2-7-15-28/h2-21,27,32-35H,22-26H2,1H3/t27-,32-,33+,34+,35-/m1/s1. The van der Waals surface area contributed by atoms with Crippen molar-refractivity contribution in [1.29, 1.82) is 0 Å². The Morgan fingerprint density at radius 3 is 1.30 bits per heavy atom. The van der Waals surface area contributed by atoms with Crippen LogP contribution in [0.25, 0.3) is 0 Å². The van der Waals surface area contributed by atoms with Gasteiger partial charge >= 0.3 is 0 Å². The van der Waals surface area contributed by atoms with Crippen LogP contribution in [0, 0.1) is 0 Å². The van der Waals surface area contributed by atoms with E-state index in [0.29, 0.717) is 33.0 Å². The van der Waals surface area contributed by atoms with Crippen LogP contribution in [0.3, 0.4) is 0 Å². The van der Waals surface area contributed by atoms with E-state index in [2.05, 4.69) is 48.5 Å². The number of hydrogen-bond acceptors (Lipinski definition) is 5. The molecule has 1 aliphatic heterocycles. The van der Waals surface area contributed by atoms with Crippen molar-refractivity contribution >= 4 is 0 Å². The number of benzene rings is 4. The molecule has 1 saturated heterocycles. The van der Waals surface area contributed by atoms with Gasteiger partial charge in [-0.3, -0.25) is 0 Å². The fourth-order valence-corrected chi connectivity index (χ4v) is 5.02. The third-order valence-corrected chi connectivity index (χ3v) is 7.12. The lowest BCUT2D eigenvalue weighted by atomic mass is 9.94. The molecule has 0 saturated carbocycles. The third kappa shape index (κ3) is 8.10. The molecular weight excluding hydrogens is 500 g/mol. The first-order chi connectivity index (χ1) is 19.8. The topological polar surface area (TPSA) is 46.2 Å². The Morgan fingerprint density at radius 2 is 0.850 bits per heavy atom. The molecule has 0 bridgehead atoms. The molecule has 208 valence electrons. The summed E-state index contributed by atoms with van der Waals surface area (Å²) in [5.74, 6) is 0. The Hall–Kier alpha value is -3.32. The van der Waals surface area contributed by atoms with E-state index in [1.54, 1.807) is 0 Å². The van der Waals surface area contributed by atoms with E-state index < -0.39 is 6.10 Å². The Balaban J connectivity index is 1.36. The van der Waals surface area contributed by atoms with Crippen molar-refractivity contribution in [1.82, 2.24) is 0 Å². The van der Waals surface area contributed by atoms with Crippen molar-refractivity contribution in [3.63, 3.8) is 0 Å². The number of rotatable bonds is 13. The van der Waals surface area contributed by atoms with Crippen LogP contribution >= 0.6 is 0 Å². The van der Waals surface area contributed by atoms with Crippen molar-refractivity contribution in [3.05, 3.63) is 144 Å². The van der Waals surface area contributed by atoms with Gasteiger partial charge in [0.2, 0.25) is 0 Å². The van der Waals surface area contributed by atoms with E-state index in [1.165, 1.54) is 0 Å². The molecule has 0 aromatic heterocycles. The average molecular weight is 539 g/mol. The fourth-order valence-electron chi connectivity index (χ4n) is 5.02. The molecule has 5 atom stereocenters. The Bertz CT molecular complexity index is 1240. The second-order valence-electron chi connectivity index (χ2n) is 10.2. The number of ether oxygens (including phenoxy) is 5. The van der Waals surface area contributed by atoms with Gasteiger partial charge in [0.15, 0.2) is 0 Å². The highest BCUT2D eigenvalue weighted by molar-refractivity contribution is 5.16. The minimum Gasteiger partial charge on any atom is -0.374 e. The molecule has 5 heteroatoms. The molecule has 0 N–H and O–H groups in total.